The van der Waals surface area contributed by atoms with Gasteiger partial charge in [0, 0.05) is 23.1 Å². The van der Waals surface area contributed by atoms with Crippen molar-refractivity contribution in [1.82, 2.24) is 9.97 Å². The fourth-order valence-corrected chi connectivity index (χ4v) is 4.24. The minimum Gasteiger partial charge on any atom is -0.508 e. The smallest absolute Gasteiger partial charge is 0.255 e. The number of aromatic nitrogens is 2. The van der Waals surface area contributed by atoms with Gasteiger partial charge in [-0.3, -0.25) is 9.78 Å². The van der Waals surface area contributed by atoms with E-state index in [0.717, 1.165) is 27.1 Å². The minimum absolute atomic E-state index is 0.166. The summed E-state index contributed by atoms with van der Waals surface area (Å²) in [5.41, 5.74) is 2.57. The zero-order chi connectivity index (χ0) is 20.7. The predicted octanol–water partition coefficient (Wildman–Crippen LogP) is 5.70. The first-order chi connectivity index (χ1) is 14.6. The Morgan fingerprint density at radius 1 is 0.733 bits per heavy atom. The second kappa shape index (κ2) is 7.28. The van der Waals surface area contributed by atoms with Crippen LogP contribution in [0, 0.1) is 4.77 Å². The number of phenols is 1. The Bertz CT molecular complexity index is 1530. The summed E-state index contributed by atoms with van der Waals surface area (Å²) in [5.74, 6) is 0.166. The van der Waals surface area contributed by atoms with Gasteiger partial charge in [0.05, 0.1) is 5.69 Å². The van der Waals surface area contributed by atoms with Crippen LogP contribution in [0.25, 0.3) is 32.8 Å². The highest BCUT2D eigenvalue weighted by atomic mass is 32.1. The number of rotatable bonds is 3. The van der Waals surface area contributed by atoms with Crippen LogP contribution in [-0.4, -0.2) is 15.1 Å². The van der Waals surface area contributed by atoms with E-state index in [2.05, 4.69) is 9.97 Å². The molecule has 0 bridgehead atoms. The molecule has 30 heavy (non-hydrogen) atoms. The lowest BCUT2D eigenvalue weighted by Crippen LogP contribution is -2.17. The molecule has 0 saturated heterocycles. The number of fused-ring (bicyclic) bond motifs is 2. The van der Waals surface area contributed by atoms with Gasteiger partial charge in [-0.05, 0) is 39.8 Å². The molecule has 5 rings (SSSR count). The average molecular weight is 410 g/mol. The van der Waals surface area contributed by atoms with Crippen molar-refractivity contribution in [2.75, 3.05) is 0 Å². The van der Waals surface area contributed by atoms with E-state index in [-0.39, 0.29) is 22.5 Å². The molecule has 0 unspecified atom stereocenters. The Labute approximate surface area is 177 Å². The first-order valence-corrected chi connectivity index (χ1v) is 10.1. The predicted molar refractivity (Wildman–Crippen MR) is 124 cm³/mol. The van der Waals surface area contributed by atoms with E-state index >= 15 is 0 Å². The number of hydrogen-bond donors (Lipinski definition) is 3. The molecule has 0 aliphatic heterocycles. The van der Waals surface area contributed by atoms with Gasteiger partial charge in [-0.2, -0.15) is 0 Å². The van der Waals surface area contributed by atoms with Crippen molar-refractivity contribution in [2.24, 2.45) is 0 Å². The van der Waals surface area contributed by atoms with Gasteiger partial charge in [0.2, 0.25) is 0 Å². The van der Waals surface area contributed by atoms with Crippen molar-refractivity contribution in [3.63, 3.8) is 0 Å². The van der Waals surface area contributed by atoms with Crippen LogP contribution in [-0.2, 0) is 6.42 Å². The number of aromatic amines is 2. The van der Waals surface area contributed by atoms with Crippen LogP contribution < -0.4 is 5.56 Å². The van der Waals surface area contributed by atoms with Crippen LogP contribution in [0.2, 0.25) is 0 Å². The summed E-state index contributed by atoms with van der Waals surface area (Å²) in [6, 6.07) is 25.4. The largest absolute Gasteiger partial charge is 0.508 e. The maximum atomic E-state index is 13.0. The highest BCUT2D eigenvalue weighted by Crippen LogP contribution is 2.33. The second-order valence-corrected chi connectivity index (χ2v) is 7.66. The fourth-order valence-electron chi connectivity index (χ4n) is 4.04. The number of hydrogen-bond acceptors (Lipinski definition) is 3. The molecule has 146 valence electrons. The lowest BCUT2D eigenvalue weighted by molar-refractivity contribution is 0.470. The molecule has 0 aliphatic carbocycles. The summed E-state index contributed by atoms with van der Waals surface area (Å²) in [6.07, 6.45) is 0.271. The van der Waals surface area contributed by atoms with Crippen molar-refractivity contribution in [1.29, 1.82) is 0 Å². The number of H-pyrrole nitrogens is 2. The van der Waals surface area contributed by atoms with E-state index in [0.29, 0.717) is 16.8 Å². The molecular formula is C25H18N2O2S. The zero-order valence-electron chi connectivity index (χ0n) is 16.0. The zero-order valence-corrected chi connectivity index (χ0v) is 16.8. The van der Waals surface area contributed by atoms with Gasteiger partial charge in [-0.15, -0.1) is 0 Å². The summed E-state index contributed by atoms with van der Waals surface area (Å²) in [6.45, 7) is 0. The van der Waals surface area contributed by atoms with Crippen LogP contribution in [0.15, 0.2) is 83.7 Å². The van der Waals surface area contributed by atoms with Crippen LogP contribution in [0.1, 0.15) is 11.1 Å². The van der Waals surface area contributed by atoms with Crippen LogP contribution >= 0.6 is 12.2 Å². The molecule has 0 fully saturated rings. The third-order valence-electron chi connectivity index (χ3n) is 5.47. The molecule has 1 heterocycles. The highest BCUT2D eigenvalue weighted by molar-refractivity contribution is 7.71. The summed E-state index contributed by atoms with van der Waals surface area (Å²) in [5, 5.41) is 14.6. The molecular weight excluding hydrogens is 392 g/mol. The monoisotopic (exact) mass is 410 g/mol. The Morgan fingerprint density at radius 3 is 2.20 bits per heavy atom. The quantitative estimate of drug-likeness (QED) is 0.334. The summed E-state index contributed by atoms with van der Waals surface area (Å²) < 4.78 is 0.272. The van der Waals surface area contributed by atoms with Crippen molar-refractivity contribution in [3.05, 3.63) is 105 Å². The highest BCUT2D eigenvalue weighted by Gasteiger charge is 2.17. The number of aromatic hydroxyl groups is 1. The third kappa shape index (κ3) is 3.09. The van der Waals surface area contributed by atoms with Crippen LogP contribution in [0.5, 0.6) is 5.75 Å². The Morgan fingerprint density at radius 2 is 1.40 bits per heavy atom. The van der Waals surface area contributed by atoms with Gasteiger partial charge in [-0.25, -0.2) is 0 Å². The molecule has 5 heteroatoms. The molecule has 0 saturated carbocycles. The van der Waals surface area contributed by atoms with Gasteiger partial charge in [0.1, 0.15) is 5.75 Å². The minimum atomic E-state index is -0.256. The van der Waals surface area contributed by atoms with E-state index in [1.165, 1.54) is 0 Å². The lowest BCUT2D eigenvalue weighted by atomic mass is 9.94. The van der Waals surface area contributed by atoms with Gasteiger partial charge in [-0.1, -0.05) is 72.8 Å². The van der Waals surface area contributed by atoms with Crippen molar-refractivity contribution in [3.8, 4) is 17.0 Å². The van der Waals surface area contributed by atoms with Crippen LogP contribution in [0.4, 0.5) is 0 Å². The first-order valence-electron chi connectivity index (χ1n) is 9.65. The van der Waals surface area contributed by atoms with E-state index in [1.54, 1.807) is 6.07 Å². The maximum Gasteiger partial charge on any atom is 0.255 e. The van der Waals surface area contributed by atoms with Gasteiger partial charge in [0.15, 0.2) is 4.77 Å². The second-order valence-electron chi connectivity index (χ2n) is 7.25. The number of benzene rings is 4. The fraction of sp³-hybridized carbons (Fsp3) is 0.0400. The molecule has 0 spiro atoms. The molecule has 4 nitrogen and oxygen atoms in total. The van der Waals surface area contributed by atoms with Crippen molar-refractivity contribution < 1.29 is 5.11 Å². The number of phenolic OH excluding ortho intramolecular Hbond substituents is 1. The Kier molecular flexibility index (Phi) is 4.45. The Balaban J connectivity index is 1.78. The van der Waals surface area contributed by atoms with Gasteiger partial charge < -0.3 is 10.1 Å². The van der Waals surface area contributed by atoms with Gasteiger partial charge in [0.25, 0.3) is 5.56 Å². The topological polar surface area (TPSA) is 68.9 Å². The molecule has 4 aromatic carbocycles. The number of nitrogens with one attached hydrogen (secondary N) is 2. The van der Waals surface area contributed by atoms with Crippen molar-refractivity contribution in [2.45, 2.75) is 6.42 Å². The molecule has 0 radical (unpaired) electrons. The van der Waals surface area contributed by atoms with E-state index in [4.69, 9.17) is 12.2 Å². The van der Waals surface area contributed by atoms with E-state index in [9.17, 15) is 9.90 Å². The molecule has 5 aromatic rings. The molecule has 0 atom stereocenters. The van der Waals surface area contributed by atoms with Crippen molar-refractivity contribution >= 4 is 33.8 Å². The first kappa shape index (κ1) is 18.3. The summed E-state index contributed by atoms with van der Waals surface area (Å²) in [4.78, 5) is 18.9. The van der Waals surface area contributed by atoms with E-state index in [1.807, 2.05) is 72.8 Å². The summed E-state index contributed by atoms with van der Waals surface area (Å²) in [7, 11) is 0. The third-order valence-corrected chi connectivity index (χ3v) is 5.67. The summed E-state index contributed by atoms with van der Waals surface area (Å²) >= 11 is 5.28. The molecule has 3 N–H and O–H groups in total. The Hall–Kier alpha value is -3.70. The van der Waals surface area contributed by atoms with Crippen LogP contribution in [0.3, 0.4) is 0 Å². The molecule has 1 aromatic heterocycles. The average Bonchev–Trinajstić information content (AvgIpc) is 2.76. The van der Waals surface area contributed by atoms with E-state index < -0.39 is 0 Å². The normalized spacial score (nSPS) is 11.2. The van der Waals surface area contributed by atoms with Gasteiger partial charge >= 0.3 is 0 Å². The molecule has 0 amide bonds. The lowest BCUT2D eigenvalue weighted by Gasteiger charge is -2.14. The standard InChI is InChI=1S/C25H18N2O2S/c28-22-13-12-16-7-2-4-10-18(16)20(22)14-21-23(26-25(30)27-24(21)29)19-11-5-8-15-6-1-3-9-17(15)19/h1-13,28H,14H2,(H2,26,27,29,30). The maximum absolute atomic E-state index is 13.0. The molecule has 0 aliphatic rings. The SMILES string of the molecule is O=c1[nH]c(=S)[nH]c(-c2cccc3ccccc23)c1Cc1c(O)ccc2ccccc12.